The maximum absolute atomic E-state index is 12.8. The summed E-state index contributed by atoms with van der Waals surface area (Å²) in [6.45, 7) is 0.399. The average molecular weight is 227 g/mol. The van der Waals surface area contributed by atoms with Gasteiger partial charge in [0.1, 0.15) is 0 Å². The minimum atomic E-state index is -3.63. The van der Waals surface area contributed by atoms with Crippen molar-refractivity contribution in [3.05, 3.63) is 23.3 Å². The number of halogens is 2. The molecule has 0 spiro atoms. The van der Waals surface area contributed by atoms with Gasteiger partial charge in [-0.15, -0.1) is 8.78 Å². The predicted molar refractivity (Wildman–Crippen MR) is 48.4 cm³/mol. The molecule has 1 aromatic rings. The third-order valence-electron chi connectivity index (χ3n) is 2.61. The van der Waals surface area contributed by atoms with E-state index in [1.807, 2.05) is 0 Å². The van der Waals surface area contributed by atoms with Gasteiger partial charge < -0.3 is 14.4 Å². The molecule has 0 saturated carbocycles. The first-order chi connectivity index (χ1) is 7.46. The number of hydrogen-bond donors (Lipinski definition) is 0. The van der Waals surface area contributed by atoms with Crippen LogP contribution in [0.1, 0.15) is 15.9 Å². The van der Waals surface area contributed by atoms with Gasteiger partial charge in [-0.1, -0.05) is 0 Å². The fraction of sp³-hybridized carbons (Fsp3) is 0.300. The number of rotatable bonds is 0. The van der Waals surface area contributed by atoms with Gasteiger partial charge in [-0.25, -0.2) is 0 Å². The Kier molecular flexibility index (Phi) is 1.54. The molecule has 0 radical (unpaired) electrons. The van der Waals surface area contributed by atoms with Gasteiger partial charge in [-0.3, -0.25) is 4.79 Å². The third-order valence-corrected chi connectivity index (χ3v) is 2.61. The van der Waals surface area contributed by atoms with Crippen molar-refractivity contribution in [2.24, 2.45) is 0 Å². The zero-order chi connectivity index (χ0) is 11.5. The summed E-state index contributed by atoms with van der Waals surface area (Å²) in [6, 6.07) is 2.73. The van der Waals surface area contributed by atoms with E-state index in [0.717, 1.165) is 0 Å². The molecule has 0 aliphatic carbocycles. The zero-order valence-electron chi connectivity index (χ0n) is 8.29. The van der Waals surface area contributed by atoms with Crippen molar-refractivity contribution in [2.45, 2.75) is 12.8 Å². The second kappa shape index (κ2) is 2.63. The van der Waals surface area contributed by atoms with Gasteiger partial charge in [0, 0.05) is 19.2 Å². The van der Waals surface area contributed by atoms with Gasteiger partial charge in [-0.2, -0.15) is 0 Å². The molecule has 0 unspecified atom stereocenters. The van der Waals surface area contributed by atoms with Crippen LogP contribution in [0.3, 0.4) is 0 Å². The molecule has 4 nitrogen and oxygen atoms in total. The lowest BCUT2D eigenvalue weighted by Crippen LogP contribution is -2.26. The Morgan fingerprint density at radius 2 is 1.94 bits per heavy atom. The number of carbonyl (C=O) groups is 1. The lowest BCUT2D eigenvalue weighted by Gasteiger charge is -2.06. The van der Waals surface area contributed by atoms with Gasteiger partial charge in [-0.05, 0) is 17.7 Å². The van der Waals surface area contributed by atoms with Crippen LogP contribution in [0.25, 0.3) is 0 Å². The molecule has 84 valence electrons. The monoisotopic (exact) mass is 227 g/mol. The first-order valence-corrected chi connectivity index (χ1v) is 4.64. The van der Waals surface area contributed by atoms with Crippen LogP contribution >= 0.6 is 0 Å². The van der Waals surface area contributed by atoms with Crippen LogP contribution in [-0.4, -0.2) is 24.1 Å². The molecule has 0 fully saturated rings. The Bertz CT molecular complexity index is 501. The van der Waals surface area contributed by atoms with E-state index in [9.17, 15) is 13.6 Å². The molecule has 0 atom stereocenters. The number of carbonyl (C=O) groups excluding carboxylic acids is 1. The largest absolute Gasteiger partial charge is 0.586 e. The maximum Gasteiger partial charge on any atom is 0.586 e. The standard InChI is InChI=1S/C10H7F2NO3/c1-13-4-5-2-7-8(3-6(5)9(13)14)16-10(11,12)15-7/h2-3H,4H2,1H3. The number of hydrogen-bond acceptors (Lipinski definition) is 3. The first-order valence-electron chi connectivity index (χ1n) is 4.64. The number of ether oxygens (including phenoxy) is 2. The van der Waals surface area contributed by atoms with E-state index < -0.39 is 6.29 Å². The van der Waals surface area contributed by atoms with Crippen molar-refractivity contribution in [3.8, 4) is 11.5 Å². The highest BCUT2D eigenvalue weighted by atomic mass is 19.3. The number of nitrogens with zero attached hydrogens (tertiary/aromatic N) is 1. The van der Waals surface area contributed by atoms with E-state index >= 15 is 0 Å². The maximum atomic E-state index is 12.8. The van der Waals surface area contributed by atoms with Gasteiger partial charge >= 0.3 is 6.29 Å². The molecule has 2 aliphatic heterocycles. The Labute approximate surface area is 89.4 Å². The van der Waals surface area contributed by atoms with E-state index in [1.54, 1.807) is 7.05 Å². The smallest absolute Gasteiger partial charge is 0.395 e. The van der Waals surface area contributed by atoms with Crippen molar-refractivity contribution >= 4 is 5.91 Å². The molecule has 2 aliphatic rings. The molecule has 0 N–H and O–H groups in total. The summed E-state index contributed by atoms with van der Waals surface area (Å²) in [5.74, 6) is -0.309. The Morgan fingerprint density at radius 1 is 1.31 bits per heavy atom. The van der Waals surface area contributed by atoms with Crippen molar-refractivity contribution < 1.29 is 23.0 Å². The fourth-order valence-electron chi connectivity index (χ4n) is 1.90. The SMILES string of the molecule is CN1Cc2cc3c(cc2C1=O)OC(F)(F)O3. The van der Waals surface area contributed by atoms with Crippen LogP contribution in [0.4, 0.5) is 8.78 Å². The van der Waals surface area contributed by atoms with Crippen LogP contribution in [0.15, 0.2) is 12.1 Å². The summed E-state index contributed by atoms with van der Waals surface area (Å²) in [5, 5.41) is 0. The summed E-state index contributed by atoms with van der Waals surface area (Å²) in [7, 11) is 1.64. The Hall–Kier alpha value is -1.85. The van der Waals surface area contributed by atoms with E-state index in [4.69, 9.17) is 0 Å². The molecular formula is C10H7F2NO3. The summed E-state index contributed by atoms with van der Waals surface area (Å²) < 4.78 is 34.1. The molecule has 0 bridgehead atoms. The summed E-state index contributed by atoms with van der Waals surface area (Å²) in [4.78, 5) is 13.1. The second-order valence-electron chi connectivity index (χ2n) is 3.78. The summed E-state index contributed by atoms with van der Waals surface area (Å²) >= 11 is 0. The van der Waals surface area contributed by atoms with E-state index in [2.05, 4.69) is 9.47 Å². The Morgan fingerprint density at radius 3 is 2.62 bits per heavy atom. The minimum absolute atomic E-state index is 0.0214. The molecule has 3 rings (SSSR count). The van der Waals surface area contributed by atoms with Crippen molar-refractivity contribution in [1.29, 1.82) is 0 Å². The van der Waals surface area contributed by atoms with Crippen molar-refractivity contribution in [2.75, 3.05) is 7.05 Å². The molecule has 1 aromatic carbocycles. The van der Waals surface area contributed by atoms with E-state index in [-0.39, 0.29) is 17.4 Å². The highest BCUT2D eigenvalue weighted by Gasteiger charge is 2.44. The van der Waals surface area contributed by atoms with E-state index in [0.29, 0.717) is 17.7 Å². The van der Waals surface area contributed by atoms with Gasteiger partial charge in [0.15, 0.2) is 11.5 Å². The topological polar surface area (TPSA) is 38.8 Å². The average Bonchev–Trinajstić information content (AvgIpc) is 2.60. The van der Waals surface area contributed by atoms with Crippen LogP contribution in [0.5, 0.6) is 11.5 Å². The van der Waals surface area contributed by atoms with Crippen LogP contribution in [-0.2, 0) is 6.54 Å². The second-order valence-corrected chi connectivity index (χ2v) is 3.78. The minimum Gasteiger partial charge on any atom is -0.395 e. The normalized spacial score (nSPS) is 20.2. The number of alkyl halides is 2. The van der Waals surface area contributed by atoms with Crippen molar-refractivity contribution in [1.82, 2.24) is 4.90 Å². The number of benzene rings is 1. The van der Waals surface area contributed by atoms with E-state index in [1.165, 1.54) is 17.0 Å². The number of amides is 1. The van der Waals surface area contributed by atoms with Gasteiger partial charge in [0.25, 0.3) is 5.91 Å². The van der Waals surface area contributed by atoms with Crippen LogP contribution in [0, 0.1) is 0 Å². The molecule has 1 amide bonds. The van der Waals surface area contributed by atoms with Gasteiger partial charge in [0.05, 0.1) is 0 Å². The molecule has 0 saturated heterocycles. The Balaban J connectivity index is 2.09. The molecular weight excluding hydrogens is 220 g/mol. The lowest BCUT2D eigenvalue weighted by atomic mass is 10.1. The predicted octanol–water partition coefficient (Wildman–Crippen LogP) is 1.59. The summed E-state index contributed by atoms with van der Waals surface area (Å²) in [5.41, 5.74) is 1.06. The van der Waals surface area contributed by atoms with Crippen LogP contribution in [0.2, 0.25) is 0 Å². The van der Waals surface area contributed by atoms with Gasteiger partial charge in [0.2, 0.25) is 0 Å². The molecule has 0 aromatic heterocycles. The molecule has 6 heteroatoms. The highest BCUT2D eigenvalue weighted by molar-refractivity contribution is 5.99. The van der Waals surface area contributed by atoms with Crippen LogP contribution < -0.4 is 9.47 Å². The molecule has 16 heavy (non-hydrogen) atoms. The number of fused-ring (bicyclic) bond motifs is 2. The first kappa shape index (κ1) is 9.38. The fourth-order valence-corrected chi connectivity index (χ4v) is 1.90. The zero-order valence-corrected chi connectivity index (χ0v) is 8.29. The molecule has 2 heterocycles. The third kappa shape index (κ3) is 1.16. The highest BCUT2D eigenvalue weighted by Crippen LogP contribution is 2.43. The lowest BCUT2D eigenvalue weighted by molar-refractivity contribution is -0.286. The quantitative estimate of drug-likeness (QED) is 0.675. The summed E-state index contributed by atoms with van der Waals surface area (Å²) in [6.07, 6.45) is -3.63. The van der Waals surface area contributed by atoms with Crippen molar-refractivity contribution in [3.63, 3.8) is 0 Å².